The first-order valence-electron chi connectivity index (χ1n) is 3.61. The zero-order valence-electron chi connectivity index (χ0n) is 6.90. The van der Waals surface area contributed by atoms with E-state index in [2.05, 4.69) is 54.5 Å². The van der Waals surface area contributed by atoms with Crippen molar-refractivity contribution in [3.8, 4) is 0 Å². The second kappa shape index (κ2) is 4.89. The van der Waals surface area contributed by atoms with E-state index in [-0.39, 0.29) is 5.78 Å². The van der Waals surface area contributed by atoms with E-state index in [1.54, 1.807) is 0 Å². The van der Waals surface area contributed by atoms with Gasteiger partial charge in [0.05, 0.1) is 5.33 Å². The van der Waals surface area contributed by atoms with Gasteiger partial charge in [0.1, 0.15) is 0 Å². The first-order chi connectivity index (χ1) is 6.06. The molecular weight excluding hydrogens is 411 g/mol. The quantitative estimate of drug-likeness (QED) is 0.405. The van der Waals surface area contributed by atoms with Crippen LogP contribution in [0, 0.1) is 10.5 Å². The van der Waals surface area contributed by atoms with Crippen molar-refractivity contribution < 1.29 is 4.79 Å². The number of hydrogen-bond donors (Lipinski definition) is 0. The molecule has 0 heterocycles. The lowest BCUT2D eigenvalue weighted by molar-refractivity contribution is 0.102. The highest BCUT2D eigenvalue weighted by molar-refractivity contribution is 14.1. The number of alkyl halides is 1. The third kappa shape index (κ3) is 2.76. The number of rotatable bonds is 2. The van der Waals surface area contributed by atoms with Gasteiger partial charge in [0.2, 0.25) is 0 Å². The number of hydrogen-bond acceptors (Lipinski definition) is 1. The van der Waals surface area contributed by atoms with Crippen LogP contribution in [0.3, 0.4) is 0 Å². The van der Waals surface area contributed by atoms with Crippen LogP contribution >= 0.6 is 54.5 Å². The summed E-state index contributed by atoms with van der Waals surface area (Å²) in [5.74, 6) is 0.122. The molecule has 1 aromatic carbocycles. The summed E-state index contributed by atoms with van der Waals surface area (Å²) in [7, 11) is 0. The van der Waals surface area contributed by atoms with Gasteiger partial charge in [-0.3, -0.25) is 4.79 Å². The number of benzene rings is 1. The van der Waals surface area contributed by atoms with E-state index in [1.165, 1.54) is 0 Å². The van der Waals surface area contributed by atoms with Gasteiger partial charge in [0.15, 0.2) is 5.78 Å². The molecule has 70 valence electrons. The van der Waals surface area contributed by atoms with E-state index in [0.717, 1.165) is 19.2 Å². The Kier molecular flexibility index (Phi) is 4.38. The molecule has 0 saturated carbocycles. The number of Topliss-reactive ketones (excluding diaryl/α,β-unsaturated/α-hetero) is 1. The summed E-state index contributed by atoms with van der Waals surface area (Å²) in [6.45, 7) is 1.94. The zero-order valence-corrected chi connectivity index (χ0v) is 12.2. The summed E-state index contributed by atoms with van der Waals surface area (Å²) in [5.41, 5.74) is 1.79. The minimum atomic E-state index is 0.122. The fourth-order valence-electron chi connectivity index (χ4n) is 1.01. The van der Waals surface area contributed by atoms with E-state index in [0.29, 0.717) is 5.33 Å². The van der Waals surface area contributed by atoms with Crippen LogP contribution in [0.4, 0.5) is 0 Å². The Bertz CT molecular complexity index is 350. The van der Waals surface area contributed by atoms with Crippen molar-refractivity contribution in [1.29, 1.82) is 0 Å². The molecule has 13 heavy (non-hydrogen) atoms. The first kappa shape index (κ1) is 11.7. The molecule has 4 heteroatoms. The number of ketones is 1. The highest BCUT2D eigenvalue weighted by atomic mass is 127. The summed E-state index contributed by atoms with van der Waals surface area (Å²) >= 11 is 8.79. The lowest BCUT2D eigenvalue weighted by Crippen LogP contribution is -2.03. The summed E-state index contributed by atoms with van der Waals surface area (Å²) in [4.78, 5) is 11.5. The molecular formula is C9H7Br2IO. The third-order valence-electron chi connectivity index (χ3n) is 1.73. The van der Waals surface area contributed by atoms with Crippen LogP contribution in [0.15, 0.2) is 16.6 Å². The predicted octanol–water partition coefficient (Wildman–Crippen LogP) is 3.94. The lowest BCUT2D eigenvalue weighted by Gasteiger charge is -2.05. The van der Waals surface area contributed by atoms with Gasteiger partial charge in [0.25, 0.3) is 0 Å². The van der Waals surface area contributed by atoms with E-state index in [9.17, 15) is 4.79 Å². The van der Waals surface area contributed by atoms with Gasteiger partial charge < -0.3 is 0 Å². The fraction of sp³-hybridized carbons (Fsp3) is 0.222. The third-order valence-corrected chi connectivity index (χ3v) is 3.69. The van der Waals surface area contributed by atoms with Crippen LogP contribution in [0.1, 0.15) is 15.9 Å². The maximum Gasteiger partial charge on any atom is 0.173 e. The molecule has 0 aliphatic heterocycles. The van der Waals surface area contributed by atoms with Gasteiger partial charge in [-0.2, -0.15) is 0 Å². The molecule has 0 aliphatic carbocycles. The van der Waals surface area contributed by atoms with Crippen molar-refractivity contribution in [1.82, 2.24) is 0 Å². The molecule has 0 saturated heterocycles. The van der Waals surface area contributed by atoms with E-state index in [1.807, 2.05) is 19.1 Å². The normalized spacial score (nSPS) is 10.2. The van der Waals surface area contributed by atoms with E-state index in [4.69, 9.17) is 0 Å². The monoisotopic (exact) mass is 416 g/mol. The van der Waals surface area contributed by atoms with Gasteiger partial charge in [-0.15, -0.1) is 0 Å². The minimum absolute atomic E-state index is 0.122. The summed E-state index contributed by atoms with van der Waals surface area (Å²) in [6, 6.07) is 3.91. The highest BCUT2D eigenvalue weighted by Gasteiger charge is 2.10. The predicted molar refractivity (Wildman–Crippen MR) is 69.7 cm³/mol. The Morgan fingerprint density at radius 3 is 2.69 bits per heavy atom. The molecule has 0 N–H and O–H groups in total. The van der Waals surface area contributed by atoms with Crippen LogP contribution in [0.5, 0.6) is 0 Å². The summed E-state index contributed by atoms with van der Waals surface area (Å²) in [6.07, 6.45) is 0. The lowest BCUT2D eigenvalue weighted by atomic mass is 10.1. The van der Waals surface area contributed by atoms with Gasteiger partial charge in [-0.05, 0) is 47.2 Å². The average molecular weight is 418 g/mol. The Morgan fingerprint density at radius 2 is 2.15 bits per heavy atom. The zero-order chi connectivity index (χ0) is 10.0. The van der Waals surface area contributed by atoms with Crippen LogP contribution in [0.2, 0.25) is 0 Å². The molecule has 1 aromatic rings. The van der Waals surface area contributed by atoms with Crippen LogP contribution in [0.25, 0.3) is 0 Å². The molecule has 0 amide bonds. The fourth-order valence-corrected chi connectivity index (χ4v) is 2.82. The van der Waals surface area contributed by atoms with Crippen molar-refractivity contribution >= 4 is 60.2 Å². The van der Waals surface area contributed by atoms with Crippen molar-refractivity contribution in [3.63, 3.8) is 0 Å². The SMILES string of the molecule is Cc1c(Br)cc(I)cc1C(=O)CBr. The Labute approximate surface area is 108 Å². The van der Waals surface area contributed by atoms with Crippen molar-refractivity contribution in [2.24, 2.45) is 0 Å². The molecule has 1 rings (SSSR count). The van der Waals surface area contributed by atoms with Gasteiger partial charge in [-0.25, -0.2) is 0 Å². The molecule has 0 radical (unpaired) electrons. The smallest absolute Gasteiger partial charge is 0.173 e. The molecule has 0 fully saturated rings. The van der Waals surface area contributed by atoms with Crippen molar-refractivity contribution in [2.45, 2.75) is 6.92 Å². The molecule has 0 unspecified atom stereocenters. The van der Waals surface area contributed by atoms with E-state index >= 15 is 0 Å². The Hall–Kier alpha value is 0.580. The summed E-state index contributed by atoms with van der Waals surface area (Å²) < 4.78 is 2.06. The largest absolute Gasteiger partial charge is 0.293 e. The standard InChI is InChI=1S/C9H7Br2IO/c1-5-7(9(13)4-10)2-6(12)3-8(5)11/h2-3H,4H2,1H3. The average Bonchev–Trinajstić information content (AvgIpc) is 2.10. The van der Waals surface area contributed by atoms with Gasteiger partial charge >= 0.3 is 0 Å². The molecule has 0 aromatic heterocycles. The van der Waals surface area contributed by atoms with Crippen LogP contribution in [-0.2, 0) is 0 Å². The molecule has 0 aliphatic rings. The summed E-state index contributed by atoms with van der Waals surface area (Å²) in [5, 5.41) is 0.375. The van der Waals surface area contributed by atoms with Gasteiger partial charge in [-0.1, -0.05) is 31.9 Å². The van der Waals surface area contributed by atoms with Crippen LogP contribution < -0.4 is 0 Å². The maximum atomic E-state index is 11.5. The maximum absolute atomic E-state index is 11.5. The minimum Gasteiger partial charge on any atom is -0.293 e. The number of halogens is 3. The first-order valence-corrected chi connectivity index (χ1v) is 6.60. The topological polar surface area (TPSA) is 17.1 Å². The van der Waals surface area contributed by atoms with Crippen molar-refractivity contribution in [3.05, 3.63) is 31.3 Å². The molecule has 0 bridgehead atoms. The number of carbonyl (C=O) groups excluding carboxylic acids is 1. The van der Waals surface area contributed by atoms with E-state index < -0.39 is 0 Å². The van der Waals surface area contributed by atoms with Crippen LogP contribution in [-0.4, -0.2) is 11.1 Å². The Balaban J connectivity index is 3.28. The molecule has 0 spiro atoms. The molecule has 0 atom stereocenters. The second-order valence-corrected chi connectivity index (χ2v) is 5.28. The van der Waals surface area contributed by atoms with Gasteiger partial charge in [0, 0.05) is 13.6 Å². The Morgan fingerprint density at radius 1 is 1.54 bits per heavy atom. The second-order valence-electron chi connectivity index (χ2n) is 2.62. The van der Waals surface area contributed by atoms with Crippen molar-refractivity contribution in [2.75, 3.05) is 5.33 Å². The highest BCUT2D eigenvalue weighted by Crippen LogP contribution is 2.23. The molecule has 1 nitrogen and oxygen atoms in total. The number of carbonyl (C=O) groups is 1.